The molecule has 0 aliphatic rings. The quantitative estimate of drug-likeness (QED) is 0.305. The van der Waals surface area contributed by atoms with Gasteiger partial charge < -0.3 is 15.6 Å². The Bertz CT molecular complexity index is 987. The number of rotatable bonds is 10. The van der Waals surface area contributed by atoms with Crippen molar-refractivity contribution >= 4 is 0 Å². The van der Waals surface area contributed by atoms with E-state index in [1.165, 1.54) is 16.7 Å². The summed E-state index contributed by atoms with van der Waals surface area (Å²) >= 11 is 0. The van der Waals surface area contributed by atoms with Crippen LogP contribution in [-0.2, 0) is 5.41 Å². The van der Waals surface area contributed by atoms with Gasteiger partial charge in [0.1, 0.15) is 11.9 Å². The largest absolute Gasteiger partial charge is 0.493 e. The minimum Gasteiger partial charge on any atom is -0.493 e. The first-order valence-electron chi connectivity index (χ1n) is 12.8. The molecule has 2 aromatic carbocycles. The van der Waals surface area contributed by atoms with Gasteiger partial charge in [-0.25, -0.2) is 0 Å². The molecular weight excluding hydrogens is 418 g/mol. The Labute approximate surface area is 208 Å². The lowest BCUT2D eigenvalue weighted by Crippen LogP contribution is -2.26. The maximum absolute atomic E-state index is 10.3. The molecule has 0 amide bonds. The molecule has 0 saturated heterocycles. The predicted octanol–water partition coefficient (Wildman–Crippen LogP) is 6.68. The molecule has 2 aromatic rings. The first-order valence-corrected chi connectivity index (χ1v) is 12.8. The third kappa shape index (κ3) is 6.87. The van der Waals surface area contributed by atoms with Crippen molar-refractivity contribution < 1.29 is 9.84 Å². The standard InChI is InChI=1S/C31H45NO2/c1-8-31(9-2,27-16-17-28(24(4)22-27)34-20-12-10-11-19-32)26-15-13-25(23(3)21-26)14-18-29(33)30(5,6)7/h13,15-17,21-22,29,33H,8-12,19-20,32H2,1-7H3. The highest BCUT2D eigenvalue weighted by molar-refractivity contribution is 5.50. The predicted molar refractivity (Wildman–Crippen MR) is 144 cm³/mol. The second-order valence-corrected chi connectivity index (χ2v) is 10.5. The zero-order chi connectivity index (χ0) is 25.4. The average molecular weight is 464 g/mol. The van der Waals surface area contributed by atoms with Crippen LogP contribution in [0.1, 0.15) is 94.5 Å². The van der Waals surface area contributed by atoms with E-state index in [-0.39, 0.29) is 10.8 Å². The molecule has 0 heterocycles. The van der Waals surface area contributed by atoms with Crippen LogP contribution in [-0.4, -0.2) is 24.4 Å². The van der Waals surface area contributed by atoms with Crippen LogP contribution >= 0.6 is 0 Å². The first-order chi connectivity index (χ1) is 16.1. The molecule has 0 aliphatic heterocycles. The molecule has 186 valence electrons. The number of hydrogen-bond acceptors (Lipinski definition) is 3. The van der Waals surface area contributed by atoms with Gasteiger partial charge in [0, 0.05) is 11.0 Å². The highest BCUT2D eigenvalue weighted by Gasteiger charge is 2.31. The minimum absolute atomic E-state index is 0.0634. The lowest BCUT2D eigenvalue weighted by Gasteiger charge is -2.34. The van der Waals surface area contributed by atoms with Crippen molar-refractivity contribution in [2.24, 2.45) is 11.1 Å². The Kier molecular flexibility index (Phi) is 10.2. The molecule has 3 N–H and O–H groups in total. The number of ether oxygens (including phenoxy) is 1. The second kappa shape index (κ2) is 12.4. The van der Waals surface area contributed by atoms with E-state index in [1.807, 2.05) is 20.8 Å². The van der Waals surface area contributed by atoms with E-state index in [0.29, 0.717) is 0 Å². The molecule has 0 aliphatic carbocycles. The molecule has 0 fully saturated rings. The van der Waals surface area contributed by atoms with Crippen molar-refractivity contribution in [3.05, 3.63) is 64.2 Å². The van der Waals surface area contributed by atoms with Gasteiger partial charge in [-0.2, -0.15) is 0 Å². The lowest BCUT2D eigenvalue weighted by atomic mass is 9.70. The van der Waals surface area contributed by atoms with Crippen molar-refractivity contribution in [2.75, 3.05) is 13.2 Å². The van der Waals surface area contributed by atoms with Crippen LogP contribution in [0.15, 0.2) is 36.4 Å². The van der Waals surface area contributed by atoms with Crippen LogP contribution in [0.5, 0.6) is 5.75 Å². The molecule has 3 heteroatoms. The van der Waals surface area contributed by atoms with E-state index in [9.17, 15) is 5.11 Å². The van der Waals surface area contributed by atoms with Crippen molar-refractivity contribution in [1.82, 2.24) is 0 Å². The molecule has 0 bridgehead atoms. The van der Waals surface area contributed by atoms with E-state index in [0.717, 1.165) is 62.1 Å². The Balaban J connectivity index is 2.31. The highest BCUT2D eigenvalue weighted by Crippen LogP contribution is 2.41. The molecule has 3 nitrogen and oxygen atoms in total. The number of benzene rings is 2. The number of aliphatic hydroxyl groups excluding tert-OH is 1. The normalized spacial score (nSPS) is 12.7. The molecule has 0 spiro atoms. The summed E-state index contributed by atoms with van der Waals surface area (Å²) in [6.07, 6.45) is 4.56. The molecule has 34 heavy (non-hydrogen) atoms. The van der Waals surface area contributed by atoms with Crippen molar-refractivity contribution in [2.45, 2.75) is 92.1 Å². The molecule has 2 rings (SSSR count). The van der Waals surface area contributed by atoms with E-state index >= 15 is 0 Å². The third-order valence-electron chi connectivity index (χ3n) is 6.98. The van der Waals surface area contributed by atoms with Crippen molar-refractivity contribution in [3.8, 4) is 17.6 Å². The van der Waals surface area contributed by atoms with Crippen LogP contribution in [0.25, 0.3) is 0 Å². The average Bonchev–Trinajstić information content (AvgIpc) is 2.80. The van der Waals surface area contributed by atoms with E-state index in [4.69, 9.17) is 10.5 Å². The Morgan fingerprint density at radius 3 is 2.06 bits per heavy atom. The zero-order valence-corrected chi connectivity index (χ0v) is 22.4. The van der Waals surface area contributed by atoms with Crippen LogP contribution < -0.4 is 10.5 Å². The Hall–Kier alpha value is -2.28. The van der Waals surface area contributed by atoms with Gasteiger partial charge in [-0.1, -0.05) is 70.7 Å². The van der Waals surface area contributed by atoms with Gasteiger partial charge in [-0.3, -0.25) is 0 Å². The van der Waals surface area contributed by atoms with Gasteiger partial charge in [0.2, 0.25) is 0 Å². The summed E-state index contributed by atoms with van der Waals surface area (Å²) in [6, 6.07) is 13.3. The van der Waals surface area contributed by atoms with Gasteiger partial charge in [-0.15, -0.1) is 0 Å². The summed E-state index contributed by atoms with van der Waals surface area (Å²) in [5.74, 6) is 7.19. The lowest BCUT2D eigenvalue weighted by molar-refractivity contribution is 0.114. The fourth-order valence-electron chi connectivity index (χ4n) is 4.41. The van der Waals surface area contributed by atoms with E-state index < -0.39 is 6.10 Å². The summed E-state index contributed by atoms with van der Waals surface area (Å²) in [7, 11) is 0. The van der Waals surface area contributed by atoms with Gasteiger partial charge in [-0.05, 0) is 92.3 Å². The van der Waals surface area contributed by atoms with Crippen LogP contribution in [0.4, 0.5) is 0 Å². The van der Waals surface area contributed by atoms with E-state index in [2.05, 4.69) is 75.9 Å². The van der Waals surface area contributed by atoms with Gasteiger partial charge in [0.15, 0.2) is 0 Å². The van der Waals surface area contributed by atoms with Crippen molar-refractivity contribution in [3.63, 3.8) is 0 Å². The topological polar surface area (TPSA) is 55.5 Å². The maximum atomic E-state index is 10.3. The van der Waals surface area contributed by atoms with Gasteiger partial charge in [0.25, 0.3) is 0 Å². The summed E-state index contributed by atoms with van der Waals surface area (Å²) in [5, 5.41) is 10.3. The van der Waals surface area contributed by atoms with Crippen LogP contribution in [0.3, 0.4) is 0 Å². The maximum Gasteiger partial charge on any atom is 0.122 e. The summed E-state index contributed by atoms with van der Waals surface area (Å²) in [5.41, 5.74) is 11.2. The smallest absolute Gasteiger partial charge is 0.122 e. The highest BCUT2D eigenvalue weighted by atomic mass is 16.5. The molecule has 1 atom stereocenters. The third-order valence-corrected chi connectivity index (χ3v) is 6.98. The number of aryl methyl sites for hydroxylation is 2. The summed E-state index contributed by atoms with van der Waals surface area (Å²) in [4.78, 5) is 0. The SMILES string of the molecule is CCC(CC)(c1ccc(C#CC(O)C(C)(C)C)c(C)c1)c1ccc(OCCCCCN)c(C)c1. The molecule has 1 unspecified atom stereocenters. The molecule has 0 saturated carbocycles. The van der Waals surface area contributed by atoms with Gasteiger partial charge >= 0.3 is 0 Å². The number of hydrogen-bond donors (Lipinski definition) is 2. The summed E-state index contributed by atoms with van der Waals surface area (Å²) < 4.78 is 6.05. The Morgan fingerprint density at radius 2 is 1.53 bits per heavy atom. The molecule has 0 radical (unpaired) electrons. The molecule has 0 aromatic heterocycles. The fraction of sp³-hybridized carbons (Fsp3) is 0.548. The Morgan fingerprint density at radius 1 is 0.912 bits per heavy atom. The van der Waals surface area contributed by atoms with Crippen molar-refractivity contribution in [1.29, 1.82) is 0 Å². The van der Waals surface area contributed by atoms with Crippen LogP contribution in [0, 0.1) is 31.1 Å². The summed E-state index contributed by atoms with van der Waals surface area (Å²) in [6.45, 7) is 16.3. The van der Waals surface area contributed by atoms with E-state index in [1.54, 1.807) is 0 Å². The number of unbranched alkanes of at least 4 members (excludes halogenated alkanes) is 2. The monoisotopic (exact) mass is 463 g/mol. The number of nitrogens with two attached hydrogens (primary N) is 1. The zero-order valence-electron chi connectivity index (χ0n) is 22.4. The fourth-order valence-corrected chi connectivity index (χ4v) is 4.41. The molecular formula is C31H45NO2. The van der Waals surface area contributed by atoms with Crippen LogP contribution in [0.2, 0.25) is 0 Å². The van der Waals surface area contributed by atoms with Gasteiger partial charge in [0.05, 0.1) is 6.61 Å². The minimum atomic E-state index is -0.652. The number of aliphatic hydroxyl groups is 1. The first kappa shape index (κ1) is 28.0. The second-order valence-electron chi connectivity index (χ2n) is 10.5.